The quantitative estimate of drug-likeness (QED) is 0.456. The van der Waals surface area contributed by atoms with Gasteiger partial charge in [-0.25, -0.2) is 0 Å². The molecule has 0 amide bonds. The first-order valence-corrected chi connectivity index (χ1v) is 4.15. The molecule has 12 heavy (non-hydrogen) atoms. The van der Waals surface area contributed by atoms with Crippen LogP contribution in [0.5, 0.6) is 0 Å². The number of piperidine rings is 1. The Bertz CT molecular complexity index is 149. The SMILES string of the molecule is C[C-]1CN(N)CC2(CCO2)C1.[Lr]. The van der Waals surface area contributed by atoms with Gasteiger partial charge in [-0.3, -0.25) is 16.8 Å². The van der Waals surface area contributed by atoms with E-state index in [1.165, 1.54) is 12.3 Å². The number of hydrogen-bond acceptors (Lipinski definition) is 3. The molecule has 2 heterocycles. The first kappa shape index (κ1) is 8.97. The zero-order valence-corrected chi connectivity index (χ0v) is 9.38. The molecule has 0 bridgehead atoms. The van der Waals surface area contributed by atoms with Crippen molar-refractivity contribution in [1.29, 1.82) is 0 Å². The fourth-order valence-corrected chi connectivity index (χ4v) is 2.09. The Balaban J connectivity index is 0.000000720. The maximum absolute atomic E-state index is 5.74. The van der Waals surface area contributed by atoms with Crippen molar-refractivity contribution < 1.29 is 4.74 Å². The topological polar surface area (TPSA) is 38.5 Å². The van der Waals surface area contributed by atoms with Gasteiger partial charge in [-0.1, -0.05) is 0 Å². The minimum atomic E-state index is 0. The van der Waals surface area contributed by atoms with Crippen LogP contribution in [0.15, 0.2) is 0 Å². The van der Waals surface area contributed by atoms with E-state index in [1.807, 2.05) is 5.01 Å². The fraction of sp³-hybridized carbons (Fsp3) is 0.875. The molecule has 4 heteroatoms. The summed E-state index contributed by atoms with van der Waals surface area (Å²) in [5, 5.41) is 1.86. The van der Waals surface area contributed by atoms with E-state index < -0.39 is 0 Å². The molecule has 1 radical (unpaired) electrons. The molecule has 0 saturated carbocycles. The van der Waals surface area contributed by atoms with E-state index in [4.69, 9.17) is 10.6 Å². The van der Waals surface area contributed by atoms with Gasteiger partial charge in [0, 0.05) is 13.2 Å². The number of nitrogens with zero attached hydrogens (tertiary/aromatic N) is 1. The number of ether oxygens (including phenoxy) is 1. The molecule has 0 aromatic rings. The van der Waals surface area contributed by atoms with Crippen molar-refractivity contribution in [2.75, 3.05) is 19.7 Å². The van der Waals surface area contributed by atoms with Crippen molar-refractivity contribution in [3.63, 3.8) is 0 Å². The van der Waals surface area contributed by atoms with Crippen molar-refractivity contribution in [2.45, 2.75) is 25.4 Å². The third-order valence-corrected chi connectivity index (χ3v) is 2.55. The van der Waals surface area contributed by atoms with Crippen LogP contribution >= 0.6 is 0 Å². The van der Waals surface area contributed by atoms with Gasteiger partial charge >= 0.3 is 0 Å². The van der Waals surface area contributed by atoms with Crippen LogP contribution in [0.1, 0.15) is 19.8 Å². The van der Waals surface area contributed by atoms with Gasteiger partial charge in [-0.15, -0.1) is 13.0 Å². The van der Waals surface area contributed by atoms with Gasteiger partial charge in [0.15, 0.2) is 0 Å². The molecule has 2 aliphatic rings. The van der Waals surface area contributed by atoms with Crippen molar-refractivity contribution in [2.24, 2.45) is 5.84 Å². The summed E-state index contributed by atoms with van der Waals surface area (Å²) in [5.74, 6) is 7.19. The molecule has 3 nitrogen and oxygen atoms in total. The van der Waals surface area contributed by atoms with E-state index in [0.29, 0.717) is 0 Å². The standard InChI is InChI=1S/C8H15N2O.Lr/c1-7-4-8(2-3-11-8)6-10(9)5-7;/h2-6,9H2,1H3;/q-1;. The van der Waals surface area contributed by atoms with Crippen molar-refractivity contribution in [1.82, 2.24) is 5.01 Å². The first-order chi connectivity index (χ1) is 5.20. The van der Waals surface area contributed by atoms with Crippen molar-refractivity contribution in [3.05, 3.63) is 5.92 Å². The van der Waals surface area contributed by atoms with Crippen LogP contribution in [0.3, 0.4) is 0 Å². The Kier molecular flexibility index (Phi) is 2.04. The summed E-state index contributed by atoms with van der Waals surface area (Å²) in [6.45, 7) is 4.92. The van der Waals surface area contributed by atoms with E-state index in [-0.39, 0.29) is 5.60 Å². The molecule has 1 spiro atoms. The van der Waals surface area contributed by atoms with Crippen LogP contribution in [0, 0.1) is 5.92 Å². The van der Waals surface area contributed by atoms with Crippen LogP contribution < -0.4 is 5.84 Å². The largest absolute Gasteiger partial charge is 0.376 e. The van der Waals surface area contributed by atoms with E-state index in [1.54, 1.807) is 0 Å². The molecule has 79 valence electrons. The third kappa shape index (κ3) is 1.26. The zero-order valence-electron chi connectivity index (χ0n) is 7.23. The second kappa shape index (κ2) is 2.73. The van der Waals surface area contributed by atoms with Crippen LogP contribution in [0.4, 0.5) is 0 Å². The van der Waals surface area contributed by atoms with Gasteiger partial charge in [-0.05, 0) is 6.42 Å². The molecular weight excluding hydrogens is 402 g/mol. The van der Waals surface area contributed by atoms with Gasteiger partial charge in [0.05, 0.1) is 5.60 Å². The molecule has 2 saturated heterocycles. The summed E-state index contributed by atoms with van der Waals surface area (Å²) in [6, 6.07) is 0. The predicted molar refractivity (Wildman–Crippen MR) is 42.6 cm³/mol. The van der Waals surface area contributed by atoms with Crippen molar-refractivity contribution >= 4 is 0 Å². The Morgan fingerprint density at radius 3 is 2.67 bits per heavy atom. The molecule has 0 aromatic carbocycles. The summed E-state index contributed by atoms with van der Waals surface area (Å²) < 4.78 is 5.56. The number of rotatable bonds is 0. The Morgan fingerprint density at radius 2 is 2.25 bits per heavy atom. The van der Waals surface area contributed by atoms with E-state index in [0.717, 1.165) is 26.1 Å². The molecule has 2 fully saturated rings. The molecule has 2 aliphatic heterocycles. The average Bonchev–Trinajstić information content (AvgIpc) is 1.82. The number of hydrogen-bond donors (Lipinski definition) is 1. The molecule has 0 aromatic heterocycles. The maximum atomic E-state index is 5.74. The normalized spacial score (nSPS) is 37.5. The summed E-state index contributed by atoms with van der Waals surface area (Å²) >= 11 is 0. The second-order valence-corrected chi connectivity index (χ2v) is 3.82. The van der Waals surface area contributed by atoms with E-state index in [2.05, 4.69) is 6.92 Å². The Labute approximate surface area is 67.5 Å². The fourth-order valence-electron chi connectivity index (χ4n) is 2.09. The van der Waals surface area contributed by atoms with Gasteiger partial charge in [0.25, 0.3) is 0 Å². The smallest absolute Gasteiger partial charge is 0.0579 e. The molecular formula is C8H15LrN2O-. The summed E-state index contributed by atoms with van der Waals surface area (Å²) in [5.41, 5.74) is 0.108. The van der Waals surface area contributed by atoms with Crippen LogP contribution in [-0.4, -0.2) is 30.3 Å². The molecule has 0 aliphatic carbocycles. The van der Waals surface area contributed by atoms with Crippen molar-refractivity contribution in [3.8, 4) is 0 Å². The van der Waals surface area contributed by atoms with Crippen LogP contribution in [-0.2, 0) is 4.74 Å². The Hall–Kier alpha value is -1.12. The number of nitrogens with two attached hydrogens (primary N) is 1. The Morgan fingerprint density at radius 1 is 1.58 bits per heavy atom. The average molecular weight is 417 g/mol. The van der Waals surface area contributed by atoms with E-state index in [9.17, 15) is 0 Å². The van der Waals surface area contributed by atoms with Crippen LogP contribution in [0.25, 0.3) is 0 Å². The van der Waals surface area contributed by atoms with Gasteiger partial charge in [0.2, 0.25) is 0 Å². The monoisotopic (exact) mass is 417 g/mol. The number of hydrazine groups is 1. The zero-order chi connectivity index (χ0) is 7.90. The van der Waals surface area contributed by atoms with Gasteiger partial charge < -0.3 is 4.74 Å². The first-order valence-electron chi connectivity index (χ1n) is 4.15. The van der Waals surface area contributed by atoms with Crippen LogP contribution in [0.2, 0.25) is 0 Å². The maximum Gasteiger partial charge on any atom is 0.0579 e. The van der Waals surface area contributed by atoms with Gasteiger partial charge in [-0.2, -0.15) is 6.92 Å². The minimum absolute atomic E-state index is 0. The summed E-state index contributed by atoms with van der Waals surface area (Å²) in [4.78, 5) is 0. The predicted octanol–water partition coefficient (Wildman–Crippen LogP) is 0.319. The third-order valence-electron chi connectivity index (χ3n) is 2.55. The minimum Gasteiger partial charge on any atom is -0.376 e. The van der Waals surface area contributed by atoms with E-state index >= 15 is 0 Å². The second-order valence-electron chi connectivity index (χ2n) is 3.82. The molecule has 2 N–H and O–H groups in total. The molecule has 1 atom stereocenters. The van der Waals surface area contributed by atoms with Gasteiger partial charge in [0.1, 0.15) is 0 Å². The molecule has 1 unspecified atom stereocenters. The molecule has 2 rings (SSSR count). The summed E-state index contributed by atoms with van der Waals surface area (Å²) in [6.07, 6.45) is 2.29. The summed E-state index contributed by atoms with van der Waals surface area (Å²) in [7, 11) is 0.